The van der Waals surface area contributed by atoms with Crippen molar-refractivity contribution in [2.75, 3.05) is 45.1 Å². The van der Waals surface area contributed by atoms with Gasteiger partial charge in [-0.25, -0.2) is 4.79 Å². The number of nitrogens with two attached hydrogens (primary N) is 1. The van der Waals surface area contributed by atoms with Crippen LogP contribution in [0.1, 0.15) is 65.6 Å². The summed E-state index contributed by atoms with van der Waals surface area (Å²) in [6, 6.07) is 22.7. The number of likely N-dealkylation sites (tertiary alicyclic amines) is 1. The fourth-order valence-corrected chi connectivity index (χ4v) is 6.38. The Morgan fingerprint density at radius 1 is 0.854 bits per heavy atom. The Balaban J connectivity index is 1.13. The summed E-state index contributed by atoms with van der Waals surface area (Å²) in [6.45, 7) is 6.60. The van der Waals surface area contributed by atoms with Gasteiger partial charge in [-0.3, -0.25) is 4.79 Å². The number of Topliss-reactive ketones (excluding diaryl/α,β-unsaturated/α-hetero) is 1. The summed E-state index contributed by atoms with van der Waals surface area (Å²) >= 11 is 0. The van der Waals surface area contributed by atoms with Crippen LogP contribution in [-0.4, -0.2) is 61.0 Å². The quantitative estimate of drug-likeness (QED) is 0.275. The van der Waals surface area contributed by atoms with E-state index in [0.29, 0.717) is 44.3 Å². The topological polar surface area (TPSA) is 75.9 Å². The highest BCUT2D eigenvalue weighted by molar-refractivity contribution is 5.98. The molecule has 3 aromatic carbocycles. The third-order valence-corrected chi connectivity index (χ3v) is 9.23. The van der Waals surface area contributed by atoms with Gasteiger partial charge in [0.15, 0.2) is 5.78 Å². The number of ketones is 1. The van der Waals surface area contributed by atoms with Crippen LogP contribution in [0.4, 0.5) is 10.5 Å². The number of morpholine rings is 1. The smallest absolute Gasteiger partial charge is 0.320 e. The van der Waals surface area contributed by atoms with Crippen molar-refractivity contribution in [1.82, 2.24) is 9.80 Å². The van der Waals surface area contributed by atoms with Gasteiger partial charge in [-0.15, -0.1) is 0 Å². The van der Waals surface area contributed by atoms with Crippen molar-refractivity contribution in [3.63, 3.8) is 0 Å². The molecule has 2 heterocycles. The number of hydrogen-bond donors (Lipinski definition) is 1. The number of anilines is 1. The van der Waals surface area contributed by atoms with Gasteiger partial charge in [0.25, 0.3) is 0 Å². The molecule has 2 aliphatic heterocycles. The van der Waals surface area contributed by atoms with Gasteiger partial charge >= 0.3 is 6.03 Å². The van der Waals surface area contributed by atoms with Crippen molar-refractivity contribution < 1.29 is 14.3 Å². The fourth-order valence-electron chi connectivity index (χ4n) is 6.38. The van der Waals surface area contributed by atoms with Gasteiger partial charge in [0.1, 0.15) is 0 Å². The molecule has 6 heteroatoms. The Hall–Kier alpha value is -3.64. The van der Waals surface area contributed by atoms with Crippen LogP contribution in [0.5, 0.6) is 0 Å². The first-order chi connectivity index (χ1) is 19.9. The van der Waals surface area contributed by atoms with E-state index in [0.717, 1.165) is 54.6 Å². The molecule has 0 atom stereocenters. The van der Waals surface area contributed by atoms with Crippen LogP contribution < -0.4 is 5.73 Å². The van der Waals surface area contributed by atoms with Gasteiger partial charge in [-0.05, 0) is 89.5 Å². The van der Waals surface area contributed by atoms with Gasteiger partial charge in [-0.1, -0.05) is 55.5 Å². The van der Waals surface area contributed by atoms with Crippen molar-refractivity contribution in [2.24, 2.45) is 5.41 Å². The van der Waals surface area contributed by atoms with Crippen LogP contribution in [0.2, 0.25) is 0 Å². The molecule has 0 unspecified atom stereocenters. The lowest BCUT2D eigenvalue weighted by atomic mass is 9.74. The molecule has 2 saturated heterocycles. The molecule has 0 spiro atoms. The van der Waals surface area contributed by atoms with E-state index in [-0.39, 0.29) is 17.2 Å². The Morgan fingerprint density at radius 3 is 2.27 bits per heavy atom. The highest BCUT2D eigenvalue weighted by atomic mass is 16.5. The van der Waals surface area contributed by atoms with Crippen LogP contribution in [0, 0.1) is 5.41 Å². The molecule has 2 amide bonds. The number of piperidine rings is 1. The molecule has 41 heavy (non-hydrogen) atoms. The maximum atomic E-state index is 13.5. The second-order valence-electron chi connectivity index (χ2n) is 12.4. The van der Waals surface area contributed by atoms with Crippen molar-refractivity contribution in [2.45, 2.75) is 51.4 Å². The number of nitrogen functional groups attached to an aromatic ring is 1. The van der Waals surface area contributed by atoms with Crippen LogP contribution in [0.15, 0.2) is 66.7 Å². The molecule has 0 bridgehead atoms. The summed E-state index contributed by atoms with van der Waals surface area (Å²) < 4.78 is 5.41. The van der Waals surface area contributed by atoms with Gasteiger partial charge in [0.2, 0.25) is 0 Å². The Labute approximate surface area is 243 Å². The van der Waals surface area contributed by atoms with Gasteiger partial charge < -0.3 is 20.3 Å². The molecule has 0 aromatic heterocycles. The molecule has 214 valence electrons. The van der Waals surface area contributed by atoms with Gasteiger partial charge in [0, 0.05) is 43.9 Å². The minimum absolute atomic E-state index is 0.108. The van der Waals surface area contributed by atoms with Crippen LogP contribution in [-0.2, 0) is 17.6 Å². The minimum atomic E-state index is 0.108. The summed E-state index contributed by atoms with van der Waals surface area (Å²) in [6.07, 6.45) is 5.64. The third kappa shape index (κ3) is 6.33. The Kier molecular flexibility index (Phi) is 7.85. The van der Waals surface area contributed by atoms with Crippen molar-refractivity contribution in [3.05, 3.63) is 89.0 Å². The van der Waals surface area contributed by atoms with Crippen LogP contribution >= 0.6 is 0 Å². The molecule has 6 rings (SSSR count). The lowest BCUT2D eigenvalue weighted by Gasteiger charge is -2.42. The van der Waals surface area contributed by atoms with Gasteiger partial charge in [0.05, 0.1) is 13.2 Å². The van der Waals surface area contributed by atoms with E-state index in [2.05, 4.69) is 37.3 Å². The first kappa shape index (κ1) is 27.5. The second kappa shape index (κ2) is 11.7. The molecule has 3 aromatic rings. The molecular formula is C35H41N3O3. The van der Waals surface area contributed by atoms with Gasteiger partial charge in [-0.2, -0.15) is 0 Å². The molecule has 3 fully saturated rings. The zero-order valence-electron chi connectivity index (χ0n) is 24.1. The van der Waals surface area contributed by atoms with E-state index in [9.17, 15) is 9.59 Å². The molecular weight excluding hydrogens is 510 g/mol. The zero-order chi connectivity index (χ0) is 28.4. The molecule has 0 radical (unpaired) electrons. The third-order valence-electron chi connectivity index (χ3n) is 9.23. The average Bonchev–Trinajstić information content (AvgIpc) is 3.85. The summed E-state index contributed by atoms with van der Waals surface area (Å²) in [4.78, 5) is 30.4. The minimum Gasteiger partial charge on any atom is -0.398 e. The average molecular weight is 552 g/mol. The van der Waals surface area contributed by atoms with Crippen LogP contribution in [0.25, 0.3) is 11.1 Å². The number of carbonyl (C=O) groups is 2. The van der Waals surface area contributed by atoms with Crippen molar-refractivity contribution >= 4 is 17.5 Å². The number of amides is 2. The number of urea groups is 1. The first-order valence-electron chi connectivity index (χ1n) is 15.1. The SMILES string of the molecule is CC1(Cc2ccc(C(=O)Cc3cc(-c4ccccc4)ccc3N)cc2C2CC2)CCN(C(=O)N2CCOCC2)CC1. The predicted molar refractivity (Wildman–Crippen MR) is 163 cm³/mol. The number of hydrogen-bond acceptors (Lipinski definition) is 4. The summed E-state index contributed by atoms with van der Waals surface area (Å²) in [5.41, 5.74) is 13.7. The molecule has 2 N–H and O–H groups in total. The Morgan fingerprint density at radius 2 is 1.56 bits per heavy atom. The molecule has 6 nitrogen and oxygen atoms in total. The Bertz CT molecular complexity index is 1400. The van der Waals surface area contributed by atoms with E-state index >= 15 is 0 Å². The van der Waals surface area contributed by atoms with Crippen molar-refractivity contribution in [1.29, 1.82) is 0 Å². The van der Waals surface area contributed by atoms with Crippen LogP contribution in [0.3, 0.4) is 0 Å². The number of rotatable bonds is 7. The number of carbonyl (C=O) groups excluding carboxylic acids is 2. The number of ether oxygens (including phenoxy) is 1. The van der Waals surface area contributed by atoms with E-state index in [1.54, 1.807) is 0 Å². The zero-order valence-corrected chi connectivity index (χ0v) is 24.1. The van der Waals surface area contributed by atoms with Crippen molar-refractivity contribution in [3.8, 4) is 11.1 Å². The molecule has 1 aliphatic carbocycles. The standard InChI is InChI=1S/C35H41N3O3/c1-35(13-15-37(16-14-35)34(40)38-17-19-41-20-18-38)24-29-10-9-28(22-31(29)26-7-8-26)33(39)23-30-21-27(11-12-32(30)36)25-5-3-2-4-6-25/h2-6,9-12,21-22,26H,7-8,13-20,23-24,36H2,1H3. The number of benzene rings is 3. The fraction of sp³-hybridized carbons (Fsp3) is 0.429. The summed E-state index contributed by atoms with van der Waals surface area (Å²) in [5.74, 6) is 0.660. The van der Waals surface area contributed by atoms with E-state index in [1.165, 1.54) is 24.0 Å². The largest absolute Gasteiger partial charge is 0.398 e. The highest BCUT2D eigenvalue weighted by Crippen LogP contribution is 2.45. The molecule has 3 aliphatic rings. The summed E-state index contributed by atoms with van der Waals surface area (Å²) in [5, 5.41) is 0. The molecule has 1 saturated carbocycles. The predicted octanol–water partition coefficient (Wildman–Crippen LogP) is 6.34. The monoisotopic (exact) mass is 551 g/mol. The maximum absolute atomic E-state index is 13.5. The maximum Gasteiger partial charge on any atom is 0.320 e. The number of nitrogens with zero attached hydrogens (tertiary/aromatic N) is 2. The lowest BCUT2D eigenvalue weighted by Crippen LogP contribution is -2.51. The van der Waals surface area contributed by atoms with E-state index in [4.69, 9.17) is 10.5 Å². The normalized spacial score (nSPS) is 18.8. The summed E-state index contributed by atoms with van der Waals surface area (Å²) in [7, 11) is 0. The lowest BCUT2D eigenvalue weighted by molar-refractivity contribution is 0.0360. The first-order valence-corrected chi connectivity index (χ1v) is 15.1. The second-order valence-corrected chi connectivity index (χ2v) is 12.4. The van der Waals surface area contributed by atoms with E-state index in [1.807, 2.05) is 46.2 Å². The highest BCUT2D eigenvalue weighted by Gasteiger charge is 2.36. The van der Waals surface area contributed by atoms with E-state index < -0.39 is 0 Å².